The SMILES string of the molecule is COC(=O)C(CC(=O)NCCCC(C)CNC(=O)CC(NC(C)(C)C)C(=O)OC)NC(C)(C)C. The normalized spacial score (nSPS) is 14.5. The van der Waals surface area contributed by atoms with Crippen molar-refractivity contribution >= 4 is 23.8 Å². The van der Waals surface area contributed by atoms with Gasteiger partial charge in [-0.3, -0.25) is 29.8 Å². The summed E-state index contributed by atoms with van der Waals surface area (Å²) in [5, 5.41) is 11.9. The zero-order valence-corrected chi connectivity index (χ0v) is 22.4. The first kappa shape index (κ1) is 31.8. The number of rotatable bonds is 14. The summed E-state index contributed by atoms with van der Waals surface area (Å²) >= 11 is 0. The lowest BCUT2D eigenvalue weighted by molar-refractivity contribution is -0.145. The lowest BCUT2D eigenvalue weighted by atomic mass is 10.0. The fourth-order valence-electron chi connectivity index (χ4n) is 3.30. The smallest absolute Gasteiger partial charge is 0.323 e. The number of nitrogens with one attached hydrogen (secondary N) is 4. The largest absolute Gasteiger partial charge is 0.468 e. The zero-order chi connectivity index (χ0) is 26.5. The van der Waals surface area contributed by atoms with Gasteiger partial charge in [0.25, 0.3) is 0 Å². The molecule has 0 spiro atoms. The summed E-state index contributed by atoms with van der Waals surface area (Å²) in [4.78, 5) is 48.4. The van der Waals surface area contributed by atoms with E-state index in [1.807, 2.05) is 48.5 Å². The molecule has 3 unspecified atom stereocenters. The molecule has 0 radical (unpaired) electrons. The van der Waals surface area contributed by atoms with Gasteiger partial charge in [-0.15, -0.1) is 0 Å². The summed E-state index contributed by atoms with van der Waals surface area (Å²) in [6.07, 6.45) is 1.52. The van der Waals surface area contributed by atoms with Gasteiger partial charge in [-0.25, -0.2) is 0 Å². The van der Waals surface area contributed by atoms with Gasteiger partial charge in [0, 0.05) is 24.2 Å². The number of carbonyl (C=O) groups is 4. The highest BCUT2D eigenvalue weighted by atomic mass is 16.5. The maximum Gasteiger partial charge on any atom is 0.323 e. The number of amides is 2. The third-order valence-corrected chi connectivity index (χ3v) is 4.81. The van der Waals surface area contributed by atoms with Crippen molar-refractivity contribution in [2.45, 2.75) is 97.3 Å². The van der Waals surface area contributed by atoms with Crippen molar-refractivity contribution in [3.05, 3.63) is 0 Å². The number of hydrogen-bond donors (Lipinski definition) is 4. The summed E-state index contributed by atoms with van der Waals surface area (Å²) in [6.45, 7) is 14.4. The first-order valence-electron chi connectivity index (χ1n) is 11.8. The maximum atomic E-state index is 12.3. The molecule has 3 atom stereocenters. The Morgan fingerprint density at radius 2 is 1.15 bits per heavy atom. The zero-order valence-electron chi connectivity index (χ0n) is 22.4. The topological polar surface area (TPSA) is 135 Å². The summed E-state index contributed by atoms with van der Waals surface area (Å²) < 4.78 is 9.57. The van der Waals surface area contributed by atoms with E-state index < -0.39 is 24.0 Å². The summed E-state index contributed by atoms with van der Waals surface area (Å²) in [6, 6.07) is -1.42. The molecule has 0 aliphatic heterocycles. The number of carbonyl (C=O) groups excluding carboxylic acids is 4. The van der Waals surface area contributed by atoms with Gasteiger partial charge in [-0.05, 0) is 60.3 Å². The Hall–Kier alpha value is -2.20. The van der Waals surface area contributed by atoms with E-state index in [9.17, 15) is 19.2 Å². The van der Waals surface area contributed by atoms with Crippen LogP contribution in [0, 0.1) is 5.92 Å². The lowest BCUT2D eigenvalue weighted by Crippen LogP contribution is -2.50. The van der Waals surface area contributed by atoms with E-state index in [-0.39, 0.29) is 41.7 Å². The second kappa shape index (κ2) is 14.9. The van der Waals surface area contributed by atoms with Gasteiger partial charge >= 0.3 is 11.9 Å². The van der Waals surface area contributed by atoms with E-state index in [0.29, 0.717) is 13.1 Å². The fraction of sp³-hybridized carbons (Fsp3) is 0.833. The molecule has 0 aliphatic carbocycles. The van der Waals surface area contributed by atoms with E-state index in [0.717, 1.165) is 12.8 Å². The van der Waals surface area contributed by atoms with Gasteiger partial charge in [-0.1, -0.05) is 6.92 Å². The number of hydrogen-bond acceptors (Lipinski definition) is 8. The minimum absolute atomic E-state index is 0.000480. The molecule has 34 heavy (non-hydrogen) atoms. The van der Waals surface area contributed by atoms with Crippen molar-refractivity contribution in [2.24, 2.45) is 5.92 Å². The quantitative estimate of drug-likeness (QED) is 0.213. The molecule has 198 valence electrons. The van der Waals surface area contributed by atoms with Crippen LogP contribution in [-0.4, -0.2) is 74.2 Å². The van der Waals surface area contributed by atoms with Crippen LogP contribution in [0.1, 0.15) is 74.1 Å². The van der Waals surface area contributed by atoms with Crippen LogP contribution < -0.4 is 21.3 Å². The van der Waals surface area contributed by atoms with Crippen molar-refractivity contribution < 1.29 is 28.7 Å². The van der Waals surface area contributed by atoms with Crippen LogP contribution >= 0.6 is 0 Å². The molecule has 10 heteroatoms. The molecule has 0 fully saturated rings. The first-order valence-corrected chi connectivity index (χ1v) is 11.8. The molecule has 4 N–H and O–H groups in total. The van der Waals surface area contributed by atoms with Gasteiger partial charge in [0.1, 0.15) is 12.1 Å². The highest BCUT2D eigenvalue weighted by Crippen LogP contribution is 2.08. The average molecular weight is 487 g/mol. The van der Waals surface area contributed by atoms with Gasteiger partial charge in [0.15, 0.2) is 0 Å². The predicted octanol–water partition coefficient (Wildman–Crippen LogP) is 1.27. The summed E-state index contributed by atoms with van der Waals surface area (Å²) in [5.74, 6) is -1.21. The van der Waals surface area contributed by atoms with Crippen molar-refractivity contribution in [1.82, 2.24) is 21.3 Å². The fourth-order valence-corrected chi connectivity index (χ4v) is 3.30. The molecule has 0 aliphatic rings. The predicted molar refractivity (Wildman–Crippen MR) is 131 cm³/mol. The van der Waals surface area contributed by atoms with Crippen molar-refractivity contribution in [3.63, 3.8) is 0 Å². The van der Waals surface area contributed by atoms with Gasteiger partial charge in [0.2, 0.25) is 11.8 Å². The average Bonchev–Trinajstić information content (AvgIpc) is 2.71. The van der Waals surface area contributed by atoms with Crippen LogP contribution in [0.25, 0.3) is 0 Å². The Morgan fingerprint density at radius 3 is 1.53 bits per heavy atom. The van der Waals surface area contributed by atoms with Crippen molar-refractivity contribution in [2.75, 3.05) is 27.3 Å². The number of methoxy groups -OCH3 is 2. The highest BCUT2D eigenvalue weighted by molar-refractivity contribution is 5.86. The monoisotopic (exact) mass is 486 g/mol. The van der Waals surface area contributed by atoms with Crippen LogP contribution in [0.15, 0.2) is 0 Å². The summed E-state index contributed by atoms with van der Waals surface area (Å²) in [5.41, 5.74) is -0.671. The Kier molecular flexibility index (Phi) is 14.0. The lowest BCUT2D eigenvalue weighted by Gasteiger charge is -2.26. The van der Waals surface area contributed by atoms with Crippen LogP contribution in [0.5, 0.6) is 0 Å². The minimum Gasteiger partial charge on any atom is -0.468 e. The minimum atomic E-state index is -0.711. The Balaban J connectivity index is 4.35. The third kappa shape index (κ3) is 15.6. The van der Waals surface area contributed by atoms with E-state index in [2.05, 4.69) is 21.3 Å². The molecule has 0 aromatic carbocycles. The van der Waals surface area contributed by atoms with E-state index in [4.69, 9.17) is 9.47 Å². The van der Waals surface area contributed by atoms with Gasteiger partial charge < -0.3 is 20.1 Å². The molecule has 0 rings (SSSR count). The standard InChI is InChI=1S/C24H46N4O6/c1-16(15-26-20(30)14-18(22(32)34-9)28-24(5,6)7)11-10-12-25-19(29)13-17(21(31)33-8)27-23(2,3)4/h16-18,27-28H,10-15H2,1-9H3,(H,25,29)(H,26,30). The van der Waals surface area contributed by atoms with Crippen LogP contribution in [0.4, 0.5) is 0 Å². The molecule has 0 aromatic rings. The molecule has 0 bridgehead atoms. The van der Waals surface area contributed by atoms with E-state index in [1.54, 1.807) is 0 Å². The molecule has 0 saturated heterocycles. The first-order chi connectivity index (χ1) is 15.6. The number of ether oxygens (including phenoxy) is 2. The van der Waals surface area contributed by atoms with Crippen molar-refractivity contribution in [1.29, 1.82) is 0 Å². The van der Waals surface area contributed by atoms with E-state index in [1.165, 1.54) is 14.2 Å². The Labute approximate surface area is 204 Å². The maximum absolute atomic E-state index is 12.3. The molecular formula is C24H46N4O6. The second-order valence-electron chi connectivity index (χ2n) is 10.7. The second-order valence-corrected chi connectivity index (χ2v) is 10.7. The Bertz CT molecular complexity index is 669. The Morgan fingerprint density at radius 1 is 0.735 bits per heavy atom. The van der Waals surface area contributed by atoms with Crippen LogP contribution in [0.3, 0.4) is 0 Å². The summed E-state index contributed by atoms with van der Waals surface area (Å²) in [7, 11) is 2.60. The molecule has 10 nitrogen and oxygen atoms in total. The highest BCUT2D eigenvalue weighted by Gasteiger charge is 2.28. The molecule has 0 aromatic heterocycles. The molecule has 0 heterocycles. The van der Waals surface area contributed by atoms with Crippen LogP contribution in [-0.2, 0) is 28.7 Å². The third-order valence-electron chi connectivity index (χ3n) is 4.81. The van der Waals surface area contributed by atoms with Gasteiger partial charge in [-0.2, -0.15) is 0 Å². The molecular weight excluding hydrogens is 440 g/mol. The number of esters is 2. The molecule has 0 saturated carbocycles. The van der Waals surface area contributed by atoms with Crippen LogP contribution in [0.2, 0.25) is 0 Å². The van der Waals surface area contributed by atoms with Crippen molar-refractivity contribution in [3.8, 4) is 0 Å². The molecule has 2 amide bonds. The van der Waals surface area contributed by atoms with Gasteiger partial charge in [0.05, 0.1) is 27.1 Å². The van der Waals surface area contributed by atoms with E-state index >= 15 is 0 Å².